The lowest BCUT2D eigenvalue weighted by Gasteiger charge is -2.25. The van der Waals surface area contributed by atoms with Crippen molar-refractivity contribution in [2.75, 3.05) is 18.1 Å². The molecule has 0 radical (unpaired) electrons. The topological polar surface area (TPSA) is 118 Å². The molecule has 2 aromatic heterocycles. The van der Waals surface area contributed by atoms with Gasteiger partial charge in [0.15, 0.2) is 5.43 Å². The number of sulfonamides is 1. The van der Waals surface area contributed by atoms with Gasteiger partial charge in [0.05, 0.1) is 24.3 Å². The molecule has 0 aliphatic rings. The van der Waals surface area contributed by atoms with Crippen molar-refractivity contribution < 1.29 is 17.6 Å². The van der Waals surface area contributed by atoms with Gasteiger partial charge in [-0.15, -0.1) is 0 Å². The van der Waals surface area contributed by atoms with Crippen LogP contribution >= 0.6 is 0 Å². The smallest absolute Gasteiger partial charge is 0.255 e. The first kappa shape index (κ1) is 24.3. The Labute approximate surface area is 202 Å². The summed E-state index contributed by atoms with van der Waals surface area (Å²) in [6.45, 7) is 6.08. The van der Waals surface area contributed by atoms with E-state index >= 15 is 0 Å². The zero-order chi connectivity index (χ0) is 25.5. The summed E-state index contributed by atoms with van der Waals surface area (Å²) in [6.07, 6.45) is 2.60. The molecule has 2 aromatic carbocycles. The van der Waals surface area contributed by atoms with E-state index in [2.05, 4.69) is 9.71 Å². The number of pyridine rings is 1. The number of hydrogen-bond acceptors (Lipinski definition) is 6. The van der Waals surface area contributed by atoms with Gasteiger partial charge in [-0.3, -0.25) is 14.3 Å². The van der Waals surface area contributed by atoms with E-state index in [1.807, 2.05) is 26.8 Å². The van der Waals surface area contributed by atoms with Crippen molar-refractivity contribution in [3.63, 3.8) is 0 Å². The maximum absolute atomic E-state index is 13.0. The zero-order valence-electron chi connectivity index (χ0n) is 20.1. The normalized spacial score (nSPS) is 12.0. The molecule has 0 atom stereocenters. The molecular weight excluding hydrogens is 468 g/mol. The second kappa shape index (κ2) is 8.74. The Bertz CT molecular complexity index is 1660. The molecule has 0 unspecified atom stereocenters. The predicted octanol–water partition coefficient (Wildman–Crippen LogP) is 4.49. The van der Waals surface area contributed by atoms with Gasteiger partial charge >= 0.3 is 0 Å². The van der Waals surface area contributed by atoms with Gasteiger partial charge < -0.3 is 14.1 Å². The highest BCUT2D eigenvalue weighted by molar-refractivity contribution is 7.92. The minimum Gasteiger partial charge on any atom is -0.496 e. The number of nitrogens with one attached hydrogen (secondary N) is 2. The van der Waals surface area contributed by atoms with Gasteiger partial charge in [-0.1, -0.05) is 20.8 Å². The van der Waals surface area contributed by atoms with E-state index in [1.54, 1.807) is 31.5 Å². The van der Waals surface area contributed by atoms with E-state index in [1.165, 1.54) is 24.3 Å². The first-order valence-corrected chi connectivity index (χ1v) is 12.7. The molecule has 182 valence electrons. The van der Waals surface area contributed by atoms with Crippen LogP contribution < -0.4 is 20.4 Å². The lowest BCUT2D eigenvalue weighted by molar-refractivity contribution is 0.398. The van der Waals surface area contributed by atoms with Crippen molar-refractivity contribution in [1.29, 1.82) is 0 Å². The average Bonchev–Trinajstić information content (AvgIpc) is 2.77. The molecule has 0 saturated carbocycles. The summed E-state index contributed by atoms with van der Waals surface area (Å²) >= 11 is 0. The molecule has 0 amide bonds. The third-order valence-electron chi connectivity index (χ3n) is 5.53. The Morgan fingerprint density at radius 3 is 2.37 bits per heavy atom. The Balaban J connectivity index is 1.99. The standard InChI is InChI=1S/C26H26N2O6S/c1-26(2,3)20-12-15(17-7-6-10-27-25(17)30)11-19(24(20)33-4)23-14-21(29)18-13-16(28-35(5,31)32)8-9-22(18)34-23/h6-14,28H,1-5H3,(H,27,30). The van der Waals surface area contributed by atoms with Crippen LogP contribution in [0.25, 0.3) is 33.4 Å². The summed E-state index contributed by atoms with van der Waals surface area (Å²) in [5.41, 5.74) is 2.11. The number of ether oxygens (including phenoxy) is 1. The van der Waals surface area contributed by atoms with Gasteiger partial charge in [-0.05, 0) is 53.4 Å². The fourth-order valence-electron chi connectivity index (χ4n) is 3.96. The molecule has 35 heavy (non-hydrogen) atoms. The molecule has 4 rings (SSSR count). The molecule has 0 saturated heterocycles. The fraction of sp³-hybridized carbons (Fsp3) is 0.231. The van der Waals surface area contributed by atoms with Crippen molar-refractivity contribution in [3.8, 4) is 28.2 Å². The number of anilines is 1. The number of aromatic nitrogens is 1. The summed E-state index contributed by atoms with van der Waals surface area (Å²) in [6, 6.07) is 13.0. The van der Waals surface area contributed by atoms with Gasteiger partial charge in [0.25, 0.3) is 5.56 Å². The summed E-state index contributed by atoms with van der Waals surface area (Å²) in [5.74, 6) is 0.800. The summed E-state index contributed by atoms with van der Waals surface area (Å²) in [4.78, 5) is 28.3. The molecule has 0 fully saturated rings. The zero-order valence-corrected chi connectivity index (χ0v) is 20.9. The minimum absolute atomic E-state index is 0.230. The highest BCUT2D eigenvalue weighted by Gasteiger charge is 2.25. The van der Waals surface area contributed by atoms with Crippen LogP contribution in [0.4, 0.5) is 5.69 Å². The molecule has 0 bridgehead atoms. The van der Waals surface area contributed by atoms with E-state index in [4.69, 9.17) is 9.15 Å². The first-order valence-electron chi connectivity index (χ1n) is 10.8. The van der Waals surface area contributed by atoms with Gasteiger partial charge in [0.1, 0.15) is 17.1 Å². The number of fused-ring (bicyclic) bond motifs is 1. The number of methoxy groups -OCH3 is 1. The largest absolute Gasteiger partial charge is 0.496 e. The van der Waals surface area contributed by atoms with Crippen molar-refractivity contribution in [2.45, 2.75) is 26.2 Å². The van der Waals surface area contributed by atoms with Crippen LogP contribution in [0, 0.1) is 0 Å². The van der Waals surface area contributed by atoms with Crippen molar-refractivity contribution in [2.24, 2.45) is 0 Å². The van der Waals surface area contributed by atoms with Gasteiger partial charge in [-0.2, -0.15) is 0 Å². The Morgan fingerprint density at radius 2 is 1.74 bits per heavy atom. The second-order valence-electron chi connectivity index (χ2n) is 9.33. The number of H-pyrrole nitrogens is 1. The second-order valence-corrected chi connectivity index (χ2v) is 11.1. The molecule has 9 heteroatoms. The Morgan fingerprint density at radius 1 is 1.00 bits per heavy atom. The highest BCUT2D eigenvalue weighted by atomic mass is 32.2. The molecule has 0 aliphatic heterocycles. The van der Waals surface area contributed by atoms with E-state index < -0.39 is 10.0 Å². The number of aromatic amines is 1. The molecule has 2 heterocycles. The lowest BCUT2D eigenvalue weighted by Crippen LogP contribution is -2.15. The van der Waals surface area contributed by atoms with E-state index in [-0.39, 0.29) is 38.8 Å². The number of hydrogen-bond donors (Lipinski definition) is 2. The van der Waals surface area contributed by atoms with E-state index in [0.717, 1.165) is 11.8 Å². The molecule has 4 aromatic rings. The lowest BCUT2D eigenvalue weighted by atomic mass is 9.83. The van der Waals surface area contributed by atoms with E-state index in [9.17, 15) is 18.0 Å². The van der Waals surface area contributed by atoms with Gasteiger partial charge in [-0.25, -0.2) is 8.42 Å². The predicted molar refractivity (Wildman–Crippen MR) is 138 cm³/mol. The fourth-order valence-corrected chi connectivity index (χ4v) is 4.51. The quantitative estimate of drug-likeness (QED) is 0.422. The number of benzene rings is 2. The van der Waals surface area contributed by atoms with Crippen LogP contribution in [0.15, 0.2) is 68.7 Å². The average molecular weight is 495 g/mol. The van der Waals surface area contributed by atoms with Crippen molar-refractivity contribution in [1.82, 2.24) is 4.98 Å². The Kier molecular flexibility index (Phi) is 6.06. The third-order valence-corrected chi connectivity index (χ3v) is 6.13. The molecule has 8 nitrogen and oxygen atoms in total. The molecule has 0 spiro atoms. The molecule has 0 aliphatic carbocycles. The van der Waals surface area contributed by atoms with Crippen LogP contribution in [0.3, 0.4) is 0 Å². The maximum Gasteiger partial charge on any atom is 0.255 e. The van der Waals surface area contributed by atoms with Gasteiger partial charge in [0.2, 0.25) is 10.0 Å². The molecular formula is C26H26N2O6S. The summed E-state index contributed by atoms with van der Waals surface area (Å²) < 4.78 is 37.4. The first-order chi connectivity index (χ1) is 16.4. The monoisotopic (exact) mass is 494 g/mol. The minimum atomic E-state index is -3.50. The van der Waals surface area contributed by atoms with Crippen LogP contribution in [0.2, 0.25) is 0 Å². The third kappa shape index (κ3) is 5.00. The van der Waals surface area contributed by atoms with Gasteiger partial charge in [0, 0.05) is 29.1 Å². The van der Waals surface area contributed by atoms with Crippen LogP contribution in [0.1, 0.15) is 26.3 Å². The molecule has 2 N–H and O–H groups in total. The van der Waals surface area contributed by atoms with Crippen molar-refractivity contribution >= 4 is 26.7 Å². The SMILES string of the molecule is COc1c(-c2cc(=O)c3cc(NS(C)(=O)=O)ccc3o2)cc(-c2ccc[nH]c2=O)cc1C(C)(C)C. The van der Waals surface area contributed by atoms with Crippen molar-refractivity contribution in [3.05, 3.63) is 80.9 Å². The maximum atomic E-state index is 13.0. The highest BCUT2D eigenvalue weighted by Crippen LogP contribution is 2.42. The summed E-state index contributed by atoms with van der Waals surface area (Å²) in [7, 11) is -1.95. The summed E-state index contributed by atoms with van der Waals surface area (Å²) in [5, 5.41) is 0.230. The Hall–Kier alpha value is -3.85. The number of rotatable bonds is 5. The van der Waals surface area contributed by atoms with Crippen LogP contribution in [-0.2, 0) is 15.4 Å². The van der Waals surface area contributed by atoms with Crippen LogP contribution in [-0.4, -0.2) is 26.8 Å². The van der Waals surface area contributed by atoms with E-state index in [0.29, 0.717) is 22.4 Å². The van der Waals surface area contributed by atoms with Crippen LogP contribution in [0.5, 0.6) is 5.75 Å².